The van der Waals surface area contributed by atoms with Crippen LogP contribution in [0.25, 0.3) is 0 Å². The minimum absolute atomic E-state index is 0.252. The van der Waals surface area contributed by atoms with Crippen LogP contribution in [0, 0.1) is 10.1 Å². The first-order valence-corrected chi connectivity index (χ1v) is 11.5. The molecule has 0 heterocycles. The van der Waals surface area contributed by atoms with Gasteiger partial charge in [0, 0.05) is 0 Å². The molecule has 0 fully saturated rings. The van der Waals surface area contributed by atoms with Crippen molar-refractivity contribution in [2.24, 2.45) is 0 Å². The topological polar surface area (TPSA) is 104 Å². The van der Waals surface area contributed by atoms with Crippen molar-refractivity contribution < 1.29 is 19.4 Å². The molecular weight excluding hydrogens is 366 g/mol. The van der Waals surface area contributed by atoms with E-state index < -0.39 is 17.1 Å². The van der Waals surface area contributed by atoms with E-state index in [-0.39, 0.29) is 10.7 Å². The molecule has 0 aromatic carbocycles. The van der Waals surface area contributed by atoms with Gasteiger partial charge in [0.1, 0.15) is 5.75 Å². The van der Waals surface area contributed by atoms with Crippen LogP contribution in [0.4, 0.5) is 0 Å². The van der Waals surface area contributed by atoms with Gasteiger partial charge >= 0.3 is 5.97 Å². The Kier molecular flexibility index (Phi) is 17.1. The van der Waals surface area contributed by atoms with E-state index in [4.69, 9.17) is 5.11 Å². The van der Waals surface area contributed by atoms with E-state index in [0.717, 1.165) is 70.6 Å². The van der Waals surface area contributed by atoms with Gasteiger partial charge in [0.2, 0.25) is 11.4 Å². The second kappa shape index (κ2) is 18.0. The van der Waals surface area contributed by atoms with Crippen molar-refractivity contribution in [1.82, 2.24) is 0 Å². The molecular formula is C20H35NO5S. The third-order valence-corrected chi connectivity index (χ3v) is 5.51. The number of hydrogen-bond acceptors (Lipinski definition) is 4. The first-order valence-electron chi connectivity index (χ1n) is 10.0. The van der Waals surface area contributed by atoms with Crippen LogP contribution in [0.1, 0.15) is 84.0 Å². The molecule has 0 aliphatic heterocycles. The molecule has 156 valence electrons. The van der Waals surface area contributed by atoms with E-state index >= 15 is 0 Å². The fourth-order valence-electron chi connectivity index (χ4n) is 2.66. The second-order valence-electron chi connectivity index (χ2n) is 6.72. The van der Waals surface area contributed by atoms with Crippen molar-refractivity contribution in [2.45, 2.75) is 84.0 Å². The van der Waals surface area contributed by atoms with Gasteiger partial charge in [0.05, 0.1) is 11.3 Å². The van der Waals surface area contributed by atoms with E-state index in [0.29, 0.717) is 17.9 Å². The number of nitrogens with zero attached hydrogens (tertiary/aromatic N) is 1. The third kappa shape index (κ3) is 17.8. The quantitative estimate of drug-likeness (QED) is 0.111. The second-order valence-corrected chi connectivity index (χ2v) is 8.29. The SMILES string of the molecule is CCCCC/C=C(/C/C=C/CCCCCCCC[S+]([O-])CC(=O)O)[N+](=O)[O-]. The maximum atomic E-state index is 11.3. The number of unbranched alkanes of at least 4 members (excludes halogenated alkanes) is 9. The maximum Gasteiger partial charge on any atom is 0.353 e. The van der Waals surface area contributed by atoms with Crippen LogP contribution in [0.2, 0.25) is 0 Å². The summed E-state index contributed by atoms with van der Waals surface area (Å²) in [4.78, 5) is 21.1. The summed E-state index contributed by atoms with van der Waals surface area (Å²) in [5.74, 6) is -0.781. The molecule has 0 aromatic heterocycles. The summed E-state index contributed by atoms with van der Waals surface area (Å²) in [6, 6.07) is 0. The van der Waals surface area contributed by atoms with Crippen molar-refractivity contribution >= 4 is 17.1 Å². The van der Waals surface area contributed by atoms with Gasteiger partial charge in [0.15, 0.2) is 0 Å². The number of carboxylic acids is 1. The molecule has 0 aliphatic carbocycles. The maximum absolute atomic E-state index is 11.3. The molecule has 0 bridgehead atoms. The largest absolute Gasteiger partial charge is 0.616 e. The predicted octanol–water partition coefficient (Wildman–Crippen LogP) is 5.24. The number of aliphatic carboxylic acids is 1. The number of allylic oxidation sites excluding steroid dienone is 3. The molecule has 0 rings (SSSR count). The average Bonchev–Trinajstić information content (AvgIpc) is 2.60. The zero-order chi connectivity index (χ0) is 20.3. The van der Waals surface area contributed by atoms with Crippen molar-refractivity contribution in [3.8, 4) is 0 Å². The summed E-state index contributed by atoms with van der Waals surface area (Å²) in [5.41, 5.74) is 0.294. The minimum atomic E-state index is -1.24. The highest BCUT2D eigenvalue weighted by Gasteiger charge is 2.10. The van der Waals surface area contributed by atoms with Crippen molar-refractivity contribution in [3.05, 3.63) is 34.0 Å². The van der Waals surface area contributed by atoms with Gasteiger partial charge in [-0.2, -0.15) is 0 Å². The van der Waals surface area contributed by atoms with Crippen LogP contribution >= 0.6 is 0 Å². The Labute approximate surface area is 166 Å². The third-order valence-electron chi connectivity index (χ3n) is 4.19. The molecule has 0 aliphatic rings. The van der Waals surface area contributed by atoms with Gasteiger partial charge in [-0.3, -0.25) is 10.1 Å². The summed E-state index contributed by atoms with van der Waals surface area (Å²) >= 11 is -1.24. The fraction of sp³-hybridized carbons (Fsp3) is 0.750. The zero-order valence-corrected chi connectivity index (χ0v) is 17.4. The Morgan fingerprint density at radius 2 is 1.63 bits per heavy atom. The van der Waals surface area contributed by atoms with Gasteiger partial charge in [-0.1, -0.05) is 51.2 Å². The lowest BCUT2D eigenvalue weighted by atomic mass is 10.1. The molecule has 1 N–H and O–H groups in total. The summed E-state index contributed by atoms with van der Waals surface area (Å²) in [5, 5.41) is 19.5. The Morgan fingerprint density at radius 3 is 2.26 bits per heavy atom. The lowest BCUT2D eigenvalue weighted by Crippen LogP contribution is -2.18. The highest BCUT2D eigenvalue weighted by Crippen LogP contribution is 2.11. The van der Waals surface area contributed by atoms with E-state index in [2.05, 4.69) is 6.92 Å². The zero-order valence-electron chi connectivity index (χ0n) is 16.6. The van der Waals surface area contributed by atoms with Crippen LogP contribution in [-0.2, 0) is 16.0 Å². The predicted molar refractivity (Wildman–Crippen MR) is 111 cm³/mol. The summed E-state index contributed by atoms with van der Waals surface area (Å²) in [6.07, 6.45) is 17.2. The van der Waals surface area contributed by atoms with Gasteiger partial charge in [-0.25, -0.2) is 4.79 Å². The molecule has 27 heavy (non-hydrogen) atoms. The molecule has 1 unspecified atom stereocenters. The Morgan fingerprint density at radius 1 is 1.00 bits per heavy atom. The number of hydrogen-bond donors (Lipinski definition) is 1. The molecule has 0 saturated heterocycles. The van der Waals surface area contributed by atoms with Crippen LogP contribution in [0.15, 0.2) is 23.9 Å². The minimum Gasteiger partial charge on any atom is -0.616 e. The first-order chi connectivity index (χ1) is 13.0. The molecule has 0 radical (unpaired) electrons. The number of nitro groups is 1. The Balaban J connectivity index is 3.65. The molecule has 0 aromatic rings. The summed E-state index contributed by atoms with van der Waals surface area (Å²) in [7, 11) is 0. The highest BCUT2D eigenvalue weighted by molar-refractivity contribution is 7.92. The lowest BCUT2D eigenvalue weighted by molar-refractivity contribution is -0.427. The molecule has 6 nitrogen and oxygen atoms in total. The van der Waals surface area contributed by atoms with Gasteiger partial charge in [-0.15, -0.1) is 0 Å². The number of carbonyl (C=O) groups is 1. The number of rotatable bonds is 18. The van der Waals surface area contributed by atoms with Crippen molar-refractivity contribution in [3.63, 3.8) is 0 Å². The standard InChI is InChI=1S/C20H35NO5S/c1-2-3-4-12-15-19(21(24)25)16-13-10-8-6-5-7-9-11-14-17-27(26)18-20(22)23/h10,13,15H,2-9,11-12,14,16-18H2,1H3,(H,22,23)/b13-10+,19-15-. The molecule has 0 saturated carbocycles. The number of carboxylic acid groups (broad SMARTS) is 1. The monoisotopic (exact) mass is 401 g/mol. The Bertz CT molecular complexity index is 465. The van der Waals surface area contributed by atoms with E-state index in [9.17, 15) is 19.5 Å². The van der Waals surface area contributed by atoms with Gasteiger partial charge in [0.25, 0.3) is 0 Å². The molecule has 7 heteroatoms. The highest BCUT2D eigenvalue weighted by atomic mass is 32.2. The average molecular weight is 402 g/mol. The molecule has 0 amide bonds. The van der Waals surface area contributed by atoms with Crippen LogP contribution in [0.3, 0.4) is 0 Å². The first kappa shape index (κ1) is 25.7. The Hall–Kier alpha value is -1.34. The van der Waals surface area contributed by atoms with Crippen LogP contribution in [-0.4, -0.2) is 32.1 Å². The fourth-order valence-corrected chi connectivity index (χ4v) is 3.61. The van der Waals surface area contributed by atoms with Gasteiger partial charge < -0.3 is 9.66 Å². The van der Waals surface area contributed by atoms with Crippen molar-refractivity contribution in [1.29, 1.82) is 0 Å². The lowest BCUT2D eigenvalue weighted by Gasteiger charge is -2.07. The van der Waals surface area contributed by atoms with Gasteiger partial charge in [-0.05, 0) is 55.8 Å². The van der Waals surface area contributed by atoms with E-state index in [1.54, 1.807) is 6.08 Å². The van der Waals surface area contributed by atoms with Crippen molar-refractivity contribution in [2.75, 3.05) is 11.5 Å². The normalized spacial score (nSPS) is 13.2. The van der Waals surface area contributed by atoms with Crippen LogP contribution in [0.5, 0.6) is 0 Å². The van der Waals surface area contributed by atoms with Crippen LogP contribution < -0.4 is 0 Å². The van der Waals surface area contributed by atoms with E-state index in [1.165, 1.54) is 0 Å². The smallest absolute Gasteiger partial charge is 0.353 e. The molecule has 1 atom stereocenters. The summed E-state index contributed by atoms with van der Waals surface area (Å²) < 4.78 is 11.3. The summed E-state index contributed by atoms with van der Waals surface area (Å²) in [6.45, 7) is 2.12. The molecule has 0 spiro atoms. The van der Waals surface area contributed by atoms with E-state index in [1.807, 2.05) is 12.2 Å².